The van der Waals surface area contributed by atoms with Gasteiger partial charge in [0.15, 0.2) is 6.10 Å². The quantitative estimate of drug-likeness (QED) is 0.604. The van der Waals surface area contributed by atoms with Crippen LogP contribution in [-0.2, 0) is 19.1 Å². The zero-order valence-electron chi connectivity index (χ0n) is 12.2. The van der Waals surface area contributed by atoms with E-state index < -0.39 is 18.0 Å². The summed E-state index contributed by atoms with van der Waals surface area (Å²) in [5.41, 5.74) is 6.08. The molecule has 1 aliphatic heterocycles. The van der Waals surface area contributed by atoms with E-state index in [0.717, 1.165) is 12.0 Å². The van der Waals surface area contributed by atoms with Crippen molar-refractivity contribution in [2.45, 2.75) is 39.7 Å². The number of carbonyl (C=O) groups excluding carboxylic acids is 3. The second kappa shape index (κ2) is 7.07. The molecular weight excluding hydrogens is 260 g/mol. The van der Waals surface area contributed by atoms with Crippen molar-refractivity contribution in [1.82, 2.24) is 4.90 Å². The third-order valence-electron chi connectivity index (χ3n) is 3.18. The summed E-state index contributed by atoms with van der Waals surface area (Å²) in [6, 6.07) is 0. The lowest BCUT2D eigenvalue weighted by molar-refractivity contribution is -0.156. The first-order valence-corrected chi connectivity index (χ1v) is 6.75. The molecule has 2 N–H and O–H groups in total. The minimum absolute atomic E-state index is 0.286. The van der Waals surface area contributed by atoms with Crippen molar-refractivity contribution in [2.24, 2.45) is 11.7 Å². The largest absolute Gasteiger partial charge is 0.449 e. The molecule has 6 nitrogen and oxygen atoms in total. The van der Waals surface area contributed by atoms with E-state index in [0.29, 0.717) is 19.5 Å². The summed E-state index contributed by atoms with van der Waals surface area (Å²) < 4.78 is 5.05. The number of primary amides is 1. The molecule has 1 saturated heterocycles. The first-order valence-electron chi connectivity index (χ1n) is 6.75. The van der Waals surface area contributed by atoms with Crippen molar-refractivity contribution in [3.63, 3.8) is 0 Å². The molecule has 0 aromatic heterocycles. The topological polar surface area (TPSA) is 89.7 Å². The number of esters is 1. The van der Waals surface area contributed by atoms with Crippen LogP contribution in [0.3, 0.4) is 0 Å². The molecule has 1 aliphatic rings. The SMILES string of the molecule is CC(C)=CC(=O)O[C@@H](C)C(=O)N1CCC[C@H](C(N)=O)C1. The highest BCUT2D eigenvalue weighted by molar-refractivity contribution is 5.88. The Balaban J connectivity index is 2.58. The van der Waals surface area contributed by atoms with Gasteiger partial charge < -0.3 is 15.4 Å². The molecule has 20 heavy (non-hydrogen) atoms. The molecule has 1 heterocycles. The van der Waals surface area contributed by atoms with Crippen LogP contribution in [0, 0.1) is 5.92 Å². The molecule has 0 radical (unpaired) electrons. The number of hydrogen-bond acceptors (Lipinski definition) is 4. The van der Waals surface area contributed by atoms with Crippen molar-refractivity contribution in [1.29, 1.82) is 0 Å². The molecule has 0 aromatic rings. The van der Waals surface area contributed by atoms with Gasteiger partial charge in [-0.1, -0.05) is 5.57 Å². The lowest BCUT2D eigenvalue weighted by Crippen LogP contribution is -2.47. The van der Waals surface area contributed by atoms with E-state index in [-0.39, 0.29) is 11.8 Å². The van der Waals surface area contributed by atoms with E-state index in [1.54, 1.807) is 18.7 Å². The number of piperidine rings is 1. The van der Waals surface area contributed by atoms with Crippen molar-refractivity contribution in [3.8, 4) is 0 Å². The molecule has 0 saturated carbocycles. The molecule has 6 heteroatoms. The van der Waals surface area contributed by atoms with Crippen LogP contribution in [0.25, 0.3) is 0 Å². The molecule has 0 spiro atoms. The fraction of sp³-hybridized carbons (Fsp3) is 0.643. The summed E-state index contributed by atoms with van der Waals surface area (Å²) >= 11 is 0. The lowest BCUT2D eigenvalue weighted by Gasteiger charge is -2.32. The van der Waals surface area contributed by atoms with Crippen LogP contribution in [0.15, 0.2) is 11.6 Å². The number of carbonyl (C=O) groups is 3. The fourth-order valence-corrected chi connectivity index (χ4v) is 2.16. The highest BCUT2D eigenvalue weighted by atomic mass is 16.5. The van der Waals surface area contributed by atoms with Gasteiger partial charge in [0.05, 0.1) is 5.92 Å². The minimum atomic E-state index is -0.857. The van der Waals surface area contributed by atoms with Gasteiger partial charge in [-0.3, -0.25) is 9.59 Å². The molecule has 0 aliphatic carbocycles. The Labute approximate surface area is 118 Å². The van der Waals surface area contributed by atoms with E-state index in [1.807, 2.05) is 0 Å². The Hall–Kier alpha value is -1.85. The molecule has 2 amide bonds. The summed E-state index contributed by atoms with van der Waals surface area (Å²) in [4.78, 5) is 36.4. The number of amides is 2. The van der Waals surface area contributed by atoms with Gasteiger partial charge in [-0.15, -0.1) is 0 Å². The molecule has 0 unspecified atom stereocenters. The first kappa shape index (κ1) is 16.2. The Morgan fingerprint density at radius 3 is 2.55 bits per heavy atom. The van der Waals surface area contributed by atoms with Crippen molar-refractivity contribution >= 4 is 17.8 Å². The predicted octanol–water partition coefficient (Wildman–Crippen LogP) is 0.608. The number of nitrogens with zero attached hydrogens (tertiary/aromatic N) is 1. The maximum atomic E-state index is 12.2. The number of ether oxygens (including phenoxy) is 1. The van der Waals surface area contributed by atoms with Gasteiger partial charge in [-0.2, -0.15) is 0 Å². The highest BCUT2D eigenvalue weighted by Gasteiger charge is 2.30. The fourth-order valence-electron chi connectivity index (χ4n) is 2.16. The number of rotatable bonds is 4. The summed E-state index contributed by atoms with van der Waals surface area (Å²) in [6.07, 6.45) is 1.91. The zero-order valence-corrected chi connectivity index (χ0v) is 12.2. The summed E-state index contributed by atoms with van der Waals surface area (Å²) in [5, 5.41) is 0. The zero-order chi connectivity index (χ0) is 15.3. The third kappa shape index (κ3) is 4.68. The lowest BCUT2D eigenvalue weighted by atomic mass is 9.97. The van der Waals surface area contributed by atoms with Crippen LogP contribution in [-0.4, -0.2) is 41.9 Å². The molecule has 0 bridgehead atoms. The molecule has 2 atom stereocenters. The van der Waals surface area contributed by atoms with Crippen LogP contribution in [0.4, 0.5) is 0 Å². The van der Waals surface area contributed by atoms with Crippen molar-refractivity contribution in [2.75, 3.05) is 13.1 Å². The monoisotopic (exact) mass is 282 g/mol. The average Bonchev–Trinajstić information content (AvgIpc) is 2.36. The highest BCUT2D eigenvalue weighted by Crippen LogP contribution is 2.17. The molecule has 112 valence electrons. The second-order valence-electron chi connectivity index (χ2n) is 5.33. The van der Waals surface area contributed by atoms with Gasteiger partial charge in [0.25, 0.3) is 5.91 Å². The molecule has 1 fully saturated rings. The Bertz CT molecular complexity index is 427. The Morgan fingerprint density at radius 1 is 1.35 bits per heavy atom. The van der Waals surface area contributed by atoms with Crippen molar-refractivity contribution < 1.29 is 19.1 Å². The molecule has 0 aromatic carbocycles. The third-order valence-corrected chi connectivity index (χ3v) is 3.18. The number of hydrogen-bond donors (Lipinski definition) is 1. The van der Waals surface area contributed by atoms with Gasteiger partial charge in [0, 0.05) is 19.2 Å². The summed E-state index contributed by atoms with van der Waals surface area (Å²) in [5.74, 6) is -1.52. The van der Waals surface area contributed by atoms with E-state index in [2.05, 4.69) is 0 Å². The van der Waals surface area contributed by atoms with Crippen LogP contribution < -0.4 is 5.73 Å². The maximum absolute atomic E-state index is 12.2. The van der Waals surface area contributed by atoms with E-state index >= 15 is 0 Å². The van der Waals surface area contributed by atoms with Crippen LogP contribution in [0.1, 0.15) is 33.6 Å². The minimum Gasteiger partial charge on any atom is -0.449 e. The van der Waals surface area contributed by atoms with Crippen LogP contribution in [0.5, 0.6) is 0 Å². The van der Waals surface area contributed by atoms with Gasteiger partial charge >= 0.3 is 5.97 Å². The van der Waals surface area contributed by atoms with Crippen molar-refractivity contribution in [3.05, 3.63) is 11.6 Å². The predicted molar refractivity (Wildman–Crippen MR) is 73.5 cm³/mol. The van der Waals surface area contributed by atoms with Gasteiger partial charge in [0.2, 0.25) is 5.91 Å². The standard InChI is InChI=1S/C14H22N2O4/c1-9(2)7-12(17)20-10(3)14(19)16-6-4-5-11(8-16)13(15)18/h7,10-11H,4-6,8H2,1-3H3,(H2,15,18)/t10-,11-/m0/s1. The van der Waals surface area contributed by atoms with E-state index in [9.17, 15) is 14.4 Å². The number of likely N-dealkylation sites (tertiary alicyclic amines) is 1. The smallest absolute Gasteiger partial charge is 0.331 e. The van der Waals surface area contributed by atoms with E-state index in [1.165, 1.54) is 13.0 Å². The Kier molecular flexibility index (Phi) is 5.73. The van der Waals surface area contributed by atoms with Gasteiger partial charge in [0.1, 0.15) is 0 Å². The van der Waals surface area contributed by atoms with Gasteiger partial charge in [-0.05, 0) is 33.6 Å². The molecule has 1 rings (SSSR count). The van der Waals surface area contributed by atoms with Gasteiger partial charge in [-0.25, -0.2) is 4.79 Å². The van der Waals surface area contributed by atoms with E-state index in [4.69, 9.17) is 10.5 Å². The van der Waals surface area contributed by atoms with Crippen LogP contribution in [0.2, 0.25) is 0 Å². The number of nitrogens with two attached hydrogens (primary N) is 1. The first-order chi connectivity index (χ1) is 9.31. The Morgan fingerprint density at radius 2 is 2.00 bits per heavy atom. The number of allylic oxidation sites excluding steroid dienone is 1. The molecular formula is C14H22N2O4. The second-order valence-corrected chi connectivity index (χ2v) is 5.33. The summed E-state index contributed by atoms with van der Waals surface area (Å²) in [7, 11) is 0. The maximum Gasteiger partial charge on any atom is 0.331 e. The normalized spacial score (nSPS) is 19.9. The average molecular weight is 282 g/mol. The van der Waals surface area contributed by atoms with Crippen LogP contribution >= 0.6 is 0 Å². The summed E-state index contributed by atoms with van der Waals surface area (Å²) in [6.45, 7) is 5.95.